The first-order valence-electron chi connectivity index (χ1n) is 6.86. The third kappa shape index (κ3) is 3.79. The van der Waals surface area contributed by atoms with Gasteiger partial charge in [0.25, 0.3) is 0 Å². The molecule has 0 aromatic heterocycles. The third-order valence-electron chi connectivity index (χ3n) is 3.67. The minimum atomic E-state index is -0.186. The molecule has 0 spiro atoms. The summed E-state index contributed by atoms with van der Waals surface area (Å²) in [7, 11) is 0. The summed E-state index contributed by atoms with van der Waals surface area (Å²) in [5.74, 6) is 6.03. The van der Waals surface area contributed by atoms with E-state index in [1.54, 1.807) is 6.07 Å². The number of rotatable bonds is 7. The Kier molecular flexibility index (Phi) is 6.30. The molecule has 0 saturated carbocycles. The van der Waals surface area contributed by atoms with Gasteiger partial charge in [-0.1, -0.05) is 39.2 Å². The fraction of sp³-hybridized carbons (Fsp3) is 0.600. The van der Waals surface area contributed by atoms with Crippen LogP contribution in [0.3, 0.4) is 0 Å². The van der Waals surface area contributed by atoms with Crippen LogP contribution in [0.5, 0.6) is 0 Å². The molecule has 0 aliphatic carbocycles. The zero-order chi connectivity index (χ0) is 13.5. The van der Waals surface area contributed by atoms with Crippen LogP contribution < -0.4 is 11.3 Å². The van der Waals surface area contributed by atoms with Crippen LogP contribution in [0, 0.1) is 18.7 Å². The second-order valence-corrected chi connectivity index (χ2v) is 4.96. The predicted octanol–water partition coefficient (Wildman–Crippen LogP) is 3.85. The molecule has 1 aromatic rings. The molecule has 0 heterocycles. The van der Waals surface area contributed by atoms with Crippen molar-refractivity contribution in [2.45, 2.75) is 52.5 Å². The summed E-state index contributed by atoms with van der Waals surface area (Å²) in [6.07, 6.45) is 4.62. The maximum absolute atomic E-state index is 13.1. The van der Waals surface area contributed by atoms with E-state index in [2.05, 4.69) is 19.3 Å². The van der Waals surface area contributed by atoms with Crippen LogP contribution >= 0.6 is 0 Å². The van der Waals surface area contributed by atoms with Gasteiger partial charge in [-0.3, -0.25) is 11.3 Å². The molecule has 0 bridgehead atoms. The lowest BCUT2D eigenvalue weighted by Crippen LogP contribution is -2.34. The standard InChI is InChI=1S/C15H25FN2/c1-4-6-7-12(5-2)15(18-17)14-9-8-13(16)10-11(14)3/h8-10,12,15,18H,4-7,17H2,1-3H3. The van der Waals surface area contributed by atoms with Crippen molar-refractivity contribution in [3.05, 3.63) is 35.1 Å². The Labute approximate surface area is 110 Å². The van der Waals surface area contributed by atoms with E-state index in [1.807, 2.05) is 13.0 Å². The van der Waals surface area contributed by atoms with Crippen molar-refractivity contribution in [2.75, 3.05) is 0 Å². The van der Waals surface area contributed by atoms with Gasteiger partial charge in [0.2, 0.25) is 0 Å². The van der Waals surface area contributed by atoms with Gasteiger partial charge in [0.05, 0.1) is 0 Å². The Hall–Kier alpha value is -0.930. The Bertz CT molecular complexity index is 366. The summed E-state index contributed by atoms with van der Waals surface area (Å²) in [6, 6.07) is 5.05. The molecular formula is C15H25FN2. The number of hydrazine groups is 1. The van der Waals surface area contributed by atoms with E-state index in [0.29, 0.717) is 5.92 Å². The first kappa shape index (κ1) is 15.1. The van der Waals surface area contributed by atoms with Crippen molar-refractivity contribution in [3.8, 4) is 0 Å². The van der Waals surface area contributed by atoms with E-state index in [0.717, 1.165) is 24.0 Å². The second kappa shape index (κ2) is 7.49. The molecule has 3 N–H and O–H groups in total. The second-order valence-electron chi connectivity index (χ2n) is 4.96. The maximum atomic E-state index is 13.1. The van der Waals surface area contributed by atoms with Gasteiger partial charge in [-0.05, 0) is 42.5 Å². The van der Waals surface area contributed by atoms with Gasteiger partial charge in [0, 0.05) is 6.04 Å². The number of unbranched alkanes of at least 4 members (excludes halogenated alkanes) is 1. The number of benzene rings is 1. The lowest BCUT2D eigenvalue weighted by atomic mass is 9.85. The predicted molar refractivity (Wildman–Crippen MR) is 74.5 cm³/mol. The molecule has 0 amide bonds. The van der Waals surface area contributed by atoms with Crippen molar-refractivity contribution in [2.24, 2.45) is 11.8 Å². The monoisotopic (exact) mass is 252 g/mol. The van der Waals surface area contributed by atoms with Crippen LogP contribution in [-0.4, -0.2) is 0 Å². The molecular weight excluding hydrogens is 227 g/mol. The van der Waals surface area contributed by atoms with Crippen molar-refractivity contribution in [1.82, 2.24) is 5.43 Å². The lowest BCUT2D eigenvalue weighted by molar-refractivity contribution is 0.325. The van der Waals surface area contributed by atoms with E-state index in [-0.39, 0.29) is 11.9 Å². The summed E-state index contributed by atoms with van der Waals surface area (Å²) in [6.45, 7) is 6.32. The van der Waals surface area contributed by atoms with E-state index in [1.165, 1.54) is 18.9 Å². The molecule has 0 aliphatic heterocycles. The molecule has 0 saturated heterocycles. The Morgan fingerprint density at radius 1 is 1.33 bits per heavy atom. The maximum Gasteiger partial charge on any atom is 0.123 e. The van der Waals surface area contributed by atoms with Crippen molar-refractivity contribution in [3.63, 3.8) is 0 Å². The molecule has 3 heteroatoms. The molecule has 1 aromatic carbocycles. The first-order chi connectivity index (χ1) is 8.63. The number of nitrogens with one attached hydrogen (secondary N) is 1. The molecule has 0 aliphatic rings. The average molecular weight is 252 g/mol. The summed E-state index contributed by atoms with van der Waals surface area (Å²) < 4.78 is 13.1. The largest absolute Gasteiger partial charge is 0.271 e. The van der Waals surface area contributed by atoms with Crippen LogP contribution in [0.25, 0.3) is 0 Å². The molecule has 1 rings (SSSR count). The van der Waals surface area contributed by atoms with E-state index in [9.17, 15) is 4.39 Å². The minimum absolute atomic E-state index is 0.113. The van der Waals surface area contributed by atoms with Crippen LogP contribution in [0.4, 0.5) is 4.39 Å². The van der Waals surface area contributed by atoms with Gasteiger partial charge < -0.3 is 0 Å². The lowest BCUT2D eigenvalue weighted by Gasteiger charge is -2.27. The van der Waals surface area contributed by atoms with E-state index < -0.39 is 0 Å². The van der Waals surface area contributed by atoms with Gasteiger partial charge in [0.1, 0.15) is 5.82 Å². The van der Waals surface area contributed by atoms with Crippen LogP contribution in [0.2, 0.25) is 0 Å². The Morgan fingerprint density at radius 3 is 2.56 bits per heavy atom. The summed E-state index contributed by atoms with van der Waals surface area (Å²) >= 11 is 0. The highest BCUT2D eigenvalue weighted by molar-refractivity contribution is 5.30. The van der Waals surface area contributed by atoms with Gasteiger partial charge in [-0.15, -0.1) is 0 Å². The summed E-state index contributed by atoms with van der Waals surface area (Å²) in [5, 5.41) is 0. The van der Waals surface area contributed by atoms with Crippen LogP contribution in [0.1, 0.15) is 56.7 Å². The number of halogens is 1. The highest BCUT2D eigenvalue weighted by Crippen LogP contribution is 2.30. The topological polar surface area (TPSA) is 38.0 Å². The molecule has 2 nitrogen and oxygen atoms in total. The van der Waals surface area contributed by atoms with Gasteiger partial charge >= 0.3 is 0 Å². The zero-order valence-corrected chi connectivity index (χ0v) is 11.7. The number of hydrogen-bond acceptors (Lipinski definition) is 2. The number of nitrogens with two attached hydrogens (primary N) is 1. The fourth-order valence-corrected chi connectivity index (χ4v) is 2.54. The van der Waals surface area contributed by atoms with Gasteiger partial charge in [-0.2, -0.15) is 0 Å². The Morgan fingerprint density at radius 2 is 2.06 bits per heavy atom. The van der Waals surface area contributed by atoms with E-state index in [4.69, 9.17) is 5.84 Å². The molecule has 0 radical (unpaired) electrons. The van der Waals surface area contributed by atoms with Crippen LogP contribution in [0.15, 0.2) is 18.2 Å². The van der Waals surface area contributed by atoms with Crippen molar-refractivity contribution >= 4 is 0 Å². The average Bonchev–Trinajstić information content (AvgIpc) is 2.36. The molecule has 0 fully saturated rings. The highest BCUT2D eigenvalue weighted by atomic mass is 19.1. The molecule has 18 heavy (non-hydrogen) atoms. The zero-order valence-electron chi connectivity index (χ0n) is 11.7. The minimum Gasteiger partial charge on any atom is -0.271 e. The molecule has 102 valence electrons. The Balaban J connectivity index is 2.92. The first-order valence-corrected chi connectivity index (χ1v) is 6.86. The highest BCUT2D eigenvalue weighted by Gasteiger charge is 2.21. The fourth-order valence-electron chi connectivity index (χ4n) is 2.54. The number of aryl methyl sites for hydroxylation is 1. The van der Waals surface area contributed by atoms with E-state index >= 15 is 0 Å². The smallest absolute Gasteiger partial charge is 0.123 e. The molecule has 2 atom stereocenters. The van der Waals surface area contributed by atoms with Crippen LogP contribution in [-0.2, 0) is 0 Å². The van der Waals surface area contributed by atoms with Gasteiger partial charge in [-0.25, -0.2) is 4.39 Å². The normalized spacial score (nSPS) is 14.5. The summed E-state index contributed by atoms with van der Waals surface area (Å²) in [4.78, 5) is 0. The quantitative estimate of drug-likeness (QED) is 0.571. The number of hydrogen-bond donors (Lipinski definition) is 2. The molecule has 2 unspecified atom stereocenters. The SMILES string of the molecule is CCCCC(CC)C(NN)c1ccc(F)cc1C. The summed E-state index contributed by atoms with van der Waals surface area (Å²) in [5.41, 5.74) is 4.99. The van der Waals surface area contributed by atoms with Crippen molar-refractivity contribution in [1.29, 1.82) is 0 Å². The van der Waals surface area contributed by atoms with Crippen molar-refractivity contribution < 1.29 is 4.39 Å². The third-order valence-corrected chi connectivity index (χ3v) is 3.67. The van der Waals surface area contributed by atoms with Gasteiger partial charge in [0.15, 0.2) is 0 Å².